The SMILES string of the molecule is C[N+](=O)c1ccc(N2CCN(S(=O)(=O)c3cccc(Cl)c3)CC2)c(C(=O)NO)c1. The standard InChI is InChI=1S/C18H19ClN4O5S/c1-21(26)14-5-6-17(16(12-14)18(24)20-25)22-7-9-23(10-8-22)29(27,28)15-4-2-3-13(19)11-15/h2-6,11-12H,7-10H2,1H3,(H-,20,24,25)/p+1. The Morgan fingerprint density at radius 2 is 1.83 bits per heavy atom. The summed E-state index contributed by atoms with van der Waals surface area (Å²) >= 11 is 5.91. The topological polar surface area (TPSA) is 110 Å². The van der Waals surface area contributed by atoms with Crippen molar-refractivity contribution in [1.29, 1.82) is 0 Å². The molecule has 11 heteroatoms. The van der Waals surface area contributed by atoms with E-state index in [0.717, 1.165) is 0 Å². The van der Waals surface area contributed by atoms with Gasteiger partial charge >= 0.3 is 0 Å². The monoisotopic (exact) mass is 439 g/mol. The van der Waals surface area contributed by atoms with Crippen molar-refractivity contribution >= 4 is 38.9 Å². The summed E-state index contributed by atoms with van der Waals surface area (Å²) in [6, 6.07) is 10.6. The van der Waals surface area contributed by atoms with E-state index in [0.29, 0.717) is 28.6 Å². The fourth-order valence-electron chi connectivity index (χ4n) is 3.18. The summed E-state index contributed by atoms with van der Waals surface area (Å²) in [6.07, 6.45) is 0. The molecule has 9 nitrogen and oxygen atoms in total. The first-order chi connectivity index (χ1) is 13.7. The molecule has 2 aromatic carbocycles. The molecule has 1 aliphatic rings. The zero-order valence-electron chi connectivity index (χ0n) is 15.6. The highest BCUT2D eigenvalue weighted by molar-refractivity contribution is 7.89. The molecule has 2 N–H and O–H groups in total. The maximum Gasteiger partial charge on any atom is 0.276 e. The molecule has 0 atom stereocenters. The normalized spacial score (nSPS) is 15.2. The van der Waals surface area contributed by atoms with E-state index in [1.54, 1.807) is 29.7 Å². The third-order valence-corrected chi connectivity index (χ3v) is 6.83. The lowest BCUT2D eigenvalue weighted by atomic mass is 10.1. The number of halogens is 1. The zero-order chi connectivity index (χ0) is 21.2. The summed E-state index contributed by atoms with van der Waals surface area (Å²) in [4.78, 5) is 25.6. The van der Waals surface area contributed by atoms with Crippen LogP contribution in [0.4, 0.5) is 11.4 Å². The summed E-state index contributed by atoms with van der Waals surface area (Å²) < 4.78 is 27.6. The Hall–Kier alpha value is -2.53. The first kappa shape index (κ1) is 21.2. The summed E-state index contributed by atoms with van der Waals surface area (Å²) in [5.74, 6) is -0.752. The lowest BCUT2D eigenvalue weighted by molar-refractivity contribution is -0.428. The lowest BCUT2D eigenvalue weighted by Gasteiger charge is -2.36. The second kappa shape index (κ2) is 8.46. The van der Waals surface area contributed by atoms with Gasteiger partial charge in [0.2, 0.25) is 10.0 Å². The first-order valence-electron chi connectivity index (χ1n) is 8.74. The van der Waals surface area contributed by atoms with Crippen LogP contribution in [0, 0.1) is 4.91 Å². The van der Waals surface area contributed by atoms with Crippen LogP contribution in [0.2, 0.25) is 5.02 Å². The number of nitrogens with one attached hydrogen (secondary N) is 1. The van der Waals surface area contributed by atoms with Crippen molar-refractivity contribution in [3.8, 4) is 0 Å². The maximum absolute atomic E-state index is 12.8. The number of hydroxylamine groups is 1. The number of carbonyl (C=O) groups is 1. The van der Waals surface area contributed by atoms with E-state index in [1.165, 1.54) is 29.6 Å². The van der Waals surface area contributed by atoms with Gasteiger partial charge in [-0.1, -0.05) is 17.7 Å². The Balaban J connectivity index is 1.82. The number of nitroso groups, excluding NO2 is 1. The minimum Gasteiger partial charge on any atom is -0.368 e. The van der Waals surface area contributed by atoms with Crippen molar-refractivity contribution in [1.82, 2.24) is 9.79 Å². The number of carbonyl (C=O) groups excluding carboxylic acids is 1. The lowest BCUT2D eigenvalue weighted by Crippen LogP contribution is -2.49. The van der Waals surface area contributed by atoms with Crippen molar-refractivity contribution in [3.63, 3.8) is 0 Å². The predicted molar refractivity (Wildman–Crippen MR) is 107 cm³/mol. The molecule has 0 spiro atoms. The Kier molecular flexibility index (Phi) is 6.18. The number of amides is 1. The number of benzene rings is 2. The molecule has 0 unspecified atom stereocenters. The van der Waals surface area contributed by atoms with Gasteiger partial charge in [0.1, 0.15) is 0 Å². The van der Waals surface area contributed by atoms with Crippen LogP contribution in [0.25, 0.3) is 0 Å². The van der Waals surface area contributed by atoms with E-state index < -0.39 is 15.9 Å². The van der Waals surface area contributed by atoms with Crippen LogP contribution >= 0.6 is 11.6 Å². The highest BCUT2D eigenvalue weighted by atomic mass is 35.5. The smallest absolute Gasteiger partial charge is 0.276 e. The van der Waals surface area contributed by atoms with Gasteiger partial charge in [-0.3, -0.25) is 10.0 Å². The Labute approximate surface area is 173 Å². The summed E-state index contributed by atoms with van der Waals surface area (Å²) in [6.45, 7) is 1.08. The summed E-state index contributed by atoms with van der Waals surface area (Å²) in [5.41, 5.74) is 2.47. The zero-order valence-corrected chi connectivity index (χ0v) is 17.2. The number of rotatable bonds is 5. The summed E-state index contributed by atoms with van der Waals surface area (Å²) in [7, 11) is -2.38. The number of hydrogen-bond donors (Lipinski definition) is 2. The number of nitrogens with zero attached hydrogens (tertiary/aromatic N) is 3. The third kappa shape index (κ3) is 4.40. The van der Waals surface area contributed by atoms with Gasteiger partial charge in [-0.15, -0.1) is 0 Å². The molecule has 1 amide bonds. The molecule has 2 aromatic rings. The van der Waals surface area contributed by atoms with Gasteiger partial charge in [0, 0.05) is 53.0 Å². The van der Waals surface area contributed by atoms with Crippen molar-refractivity contribution < 1.29 is 23.2 Å². The van der Waals surface area contributed by atoms with E-state index in [1.807, 2.05) is 4.90 Å². The fraction of sp³-hybridized carbons (Fsp3) is 0.278. The quantitative estimate of drug-likeness (QED) is 0.419. The Morgan fingerprint density at radius 3 is 2.41 bits per heavy atom. The average molecular weight is 440 g/mol. The van der Waals surface area contributed by atoms with Crippen molar-refractivity contribution in [2.75, 3.05) is 38.1 Å². The second-order valence-corrected chi connectivity index (χ2v) is 8.86. The molecule has 1 fully saturated rings. The van der Waals surface area contributed by atoms with Gasteiger partial charge in [0.15, 0.2) is 7.05 Å². The van der Waals surface area contributed by atoms with Gasteiger partial charge in [0.05, 0.1) is 16.1 Å². The van der Waals surface area contributed by atoms with Crippen LogP contribution in [0.5, 0.6) is 0 Å². The van der Waals surface area contributed by atoms with Crippen LogP contribution in [0.3, 0.4) is 0 Å². The van der Waals surface area contributed by atoms with Crippen molar-refractivity contribution in [3.05, 3.63) is 58.0 Å². The highest BCUT2D eigenvalue weighted by Crippen LogP contribution is 2.28. The molecule has 1 heterocycles. The minimum atomic E-state index is -3.68. The molecule has 29 heavy (non-hydrogen) atoms. The molecule has 1 saturated heterocycles. The van der Waals surface area contributed by atoms with Gasteiger partial charge in [-0.2, -0.15) is 4.31 Å². The van der Waals surface area contributed by atoms with Gasteiger partial charge < -0.3 is 4.90 Å². The molecule has 0 aromatic heterocycles. The molecule has 1 aliphatic heterocycles. The number of piperazine rings is 1. The van der Waals surface area contributed by atoms with Crippen LogP contribution in [0.15, 0.2) is 47.4 Å². The Bertz CT molecular complexity index is 1050. The van der Waals surface area contributed by atoms with E-state index >= 15 is 0 Å². The van der Waals surface area contributed by atoms with E-state index in [-0.39, 0.29) is 29.2 Å². The van der Waals surface area contributed by atoms with Crippen LogP contribution in [-0.2, 0) is 10.0 Å². The second-order valence-electron chi connectivity index (χ2n) is 6.49. The van der Waals surface area contributed by atoms with Gasteiger partial charge in [-0.05, 0) is 24.3 Å². The first-order valence-corrected chi connectivity index (χ1v) is 10.6. The van der Waals surface area contributed by atoms with Crippen LogP contribution in [-0.4, -0.2) is 61.8 Å². The predicted octanol–water partition coefficient (Wildman–Crippen LogP) is 2.01. The third-order valence-electron chi connectivity index (χ3n) is 4.70. The van der Waals surface area contributed by atoms with E-state index in [9.17, 15) is 18.1 Å². The molecule has 3 rings (SSSR count). The molecular weight excluding hydrogens is 420 g/mol. The van der Waals surface area contributed by atoms with Crippen molar-refractivity contribution in [2.24, 2.45) is 0 Å². The largest absolute Gasteiger partial charge is 0.368 e. The fourth-order valence-corrected chi connectivity index (χ4v) is 4.91. The molecule has 154 valence electrons. The maximum atomic E-state index is 12.8. The van der Waals surface area contributed by atoms with E-state index in [4.69, 9.17) is 16.8 Å². The summed E-state index contributed by atoms with van der Waals surface area (Å²) in [5, 5.41) is 9.37. The van der Waals surface area contributed by atoms with Gasteiger partial charge in [-0.25, -0.2) is 13.9 Å². The minimum absolute atomic E-state index is 0.124. The average Bonchev–Trinajstić information content (AvgIpc) is 2.72. The number of sulfonamides is 1. The number of anilines is 1. The highest BCUT2D eigenvalue weighted by Gasteiger charge is 2.30. The molecule has 0 bridgehead atoms. The number of hydrogen-bond acceptors (Lipinski definition) is 6. The van der Waals surface area contributed by atoms with Crippen LogP contribution < -0.4 is 10.4 Å². The van der Waals surface area contributed by atoms with Gasteiger partial charge in [0.25, 0.3) is 11.6 Å². The molecular formula is C18H20ClN4O5S+. The molecule has 0 saturated carbocycles. The van der Waals surface area contributed by atoms with Crippen LogP contribution in [0.1, 0.15) is 10.4 Å². The molecule has 0 radical (unpaired) electrons. The van der Waals surface area contributed by atoms with Crippen molar-refractivity contribution in [2.45, 2.75) is 4.90 Å². The van der Waals surface area contributed by atoms with E-state index in [2.05, 4.69) is 0 Å². The Morgan fingerprint density at radius 1 is 1.14 bits per heavy atom. The molecule has 0 aliphatic carbocycles.